The Morgan fingerprint density at radius 1 is 0.906 bits per heavy atom. The summed E-state index contributed by atoms with van der Waals surface area (Å²) in [5.74, 6) is 0.329. The fourth-order valence-electron chi connectivity index (χ4n) is 5.28. The number of esters is 1. The second-order valence-corrected chi connectivity index (χ2v) is 11.0. The first-order valence-electron chi connectivity index (χ1n) is 12.1. The third-order valence-corrected chi connectivity index (χ3v) is 7.28. The normalized spacial score (nSPS) is 25.3. The number of hydrogen-bond acceptors (Lipinski definition) is 2. The van der Waals surface area contributed by atoms with Crippen LogP contribution in [0.2, 0.25) is 0 Å². The number of cyclic esters (lactones) is 1. The summed E-state index contributed by atoms with van der Waals surface area (Å²) < 4.78 is 5.47. The van der Waals surface area contributed by atoms with Crippen LogP contribution in [0.15, 0.2) is 81.7 Å². The molecule has 0 saturated carbocycles. The lowest BCUT2D eigenvalue weighted by Gasteiger charge is -2.32. The van der Waals surface area contributed by atoms with Gasteiger partial charge in [-0.25, -0.2) is 4.79 Å². The Hall–Kier alpha value is -2.35. The molecule has 0 atom stereocenters. The molecule has 2 aliphatic carbocycles. The largest absolute Gasteiger partial charge is 0.423 e. The standard InChI is InChI=1S/C30H40O2/c1-21(13-16-26-22(2)10-8-18-29(26,4)5)12-15-25-20-24(28(31)32-25)14-17-27-23(3)11-9-19-30(27,6)7/h12-17,20H,8-11,18-19H2,1-7H3/b16-13+,17-14+,21-12+,25-15+. The molecule has 0 saturated heterocycles. The van der Waals surface area contributed by atoms with Crippen LogP contribution < -0.4 is 0 Å². The van der Waals surface area contributed by atoms with Crippen LogP contribution in [0, 0.1) is 10.8 Å². The van der Waals surface area contributed by atoms with Gasteiger partial charge in [0.1, 0.15) is 5.76 Å². The summed E-state index contributed by atoms with van der Waals surface area (Å²) >= 11 is 0. The van der Waals surface area contributed by atoms with E-state index in [9.17, 15) is 4.79 Å². The van der Waals surface area contributed by atoms with Gasteiger partial charge in [0, 0.05) is 0 Å². The third kappa shape index (κ3) is 5.71. The maximum Gasteiger partial charge on any atom is 0.343 e. The number of hydrogen-bond donors (Lipinski definition) is 0. The van der Waals surface area contributed by atoms with Gasteiger partial charge in [-0.3, -0.25) is 0 Å². The Balaban J connectivity index is 1.73. The summed E-state index contributed by atoms with van der Waals surface area (Å²) in [7, 11) is 0. The summed E-state index contributed by atoms with van der Waals surface area (Å²) in [6.07, 6.45) is 21.5. The fraction of sp³-hybridized carbons (Fsp3) is 0.500. The van der Waals surface area contributed by atoms with Gasteiger partial charge >= 0.3 is 5.97 Å². The van der Waals surface area contributed by atoms with Gasteiger partial charge in [-0.05, 0) is 99.5 Å². The summed E-state index contributed by atoms with van der Waals surface area (Å²) in [5, 5.41) is 0. The lowest BCUT2D eigenvalue weighted by Crippen LogP contribution is -2.19. The van der Waals surface area contributed by atoms with Crippen LogP contribution in [0.5, 0.6) is 0 Å². The average Bonchev–Trinajstić information content (AvgIpc) is 3.04. The third-order valence-electron chi connectivity index (χ3n) is 7.28. The molecule has 1 heterocycles. The van der Waals surface area contributed by atoms with Crippen molar-refractivity contribution < 1.29 is 9.53 Å². The minimum atomic E-state index is -0.273. The Kier molecular flexibility index (Phi) is 7.32. The minimum absolute atomic E-state index is 0.160. The molecule has 172 valence electrons. The van der Waals surface area contributed by atoms with E-state index in [4.69, 9.17) is 4.74 Å². The van der Waals surface area contributed by atoms with E-state index in [0.29, 0.717) is 11.3 Å². The van der Waals surface area contributed by atoms with Crippen LogP contribution in [-0.4, -0.2) is 5.97 Å². The second-order valence-electron chi connectivity index (χ2n) is 11.0. The quantitative estimate of drug-likeness (QED) is 0.322. The van der Waals surface area contributed by atoms with Crippen molar-refractivity contribution in [3.63, 3.8) is 0 Å². The Labute approximate surface area is 195 Å². The Bertz CT molecular complexity index is 984. The summed E-state index contributed by atoms with van der Waals surface area (Å²) in [5.41, 5.74) is 7.89. The van der Waals surface area contributed by atoms with E-state index in [2.05, 4.69) is 66.7 Å². The molecule has 0 unspecified atom stereocenters. The number of allylic oxidation sites excluding steroid dienone is 11. The molecule has 32 heavy (non-hydrogen) atoms. The second kappa shape index (κ2) is 9.65. The van der Waals surface area contributed by atoms with Gasteiger partial charge < -0.3 is 4.74 Å². The molecule has 0 aromatic carbocycles. The molecule has 1 aliphatic heterocycles. The maximum absolute atomic E-state index is 12.3. The van der Waals surface area contributed by atoms with E-state index in [1.165, 1.54) is 54.4 Å². The van der Waals surface area contributed by atoms with E-state index in [1.807, 2.05) is 24.3 Å². The van der Waals surface area contributed by atoms with Gasteiger partial charge in [-0.2, -0.15) is 0 Å². The molecule has 0 radical (unpaired) electrons. The predicted octanol–water partition coefficient (Wildman–Crippen LogP) is 8.47. The number of carbonyl (C=O) groups excluding carboxylic acids is 1. The molecule has 2 nitrogen and oxygen atoms in total. The SMILES string of the molecule is CC1=C(/C=C/C2=CC(=C/C=C(C)/C=C/C3=C(C)CCCC3(C)C)\OC2=O)C(C)(C)CCC1. The molecule has 0 N–H and O–H groups in total. The average molecular weight is 433 g/mol. The maximum atomic E-state index is 12.3. The highest BCUT2D eigenvalue weighted by Crippen LogP contribution is 2.42. The molecular formula is C30H40O2. The van der Waals surface area contributed by atoms with Gasteiger partial charge in [0.25, 0.3) is 0 Å². The summed E-state index contributed by atoms with van der Waals surface area (Å²) in [6.45, 7) is 15.8. The van der Waals surface area contributed by atoms with Gasteiger partial charge in [0.2, 0.25) is 0 Å². The van der Waals surface area contributed by atoms with Crippen molar-refractivity contribution in [1.82, 2.24) is 0 Å². The highest BCUT2D eigenvalue weighted by atomic mass is 16.5. The van der Waals surface area contributed by atoms with E-state index in [0.717, 1.165) is 12.0 Å². The highest BCUT2D eigenvalue weighted by molar-refractivity contribution is 5.95. The predicted molar refractivity (Wildman–Crippen MR) is 135 cm³/mol. The molecule has 2 heteroatoms. The van der Waals surface area contributed by atoms with Crippen LogP contribution >= 0.6 is 0 Å². The molecule has 0 spiro atoms. The summed E-state index contributed by atoms with van der Waals surface area (Å²) in [6, 6.07) is 0. The molecule has 0 aromatic rings. The van der Waals surface area contributed by atoms with Crippen molar-refractivity contribution in [3.05, 3.63) is 81.7 Å². The zero-order valence-electron chi connectivity index (χ0n) is 21.1. The van der Waals surface area contributed by atoms with Crippen LogP contribution in [0.25, 0.3) is 0 Å². The first-order valence-corrected chi connectivity index (χ1v) is 12.1. The van der Waals surface area contributed by atoms with Gasteiger partial charge in [0.05, 0.1) is 5.57 Å². The van der Waals surface area contributed by atoms with Crippen molar-refractivity contribution in [2.45, 2.75) is 87.0 Å². The molecule has 3 aliphatic rings. The van der Waals surface area contributed by atoms with Gasteiger partial charge in [-0.15, -0.1) is 0 Å². The number of carbonyl (C=O) groups is 1. The molecular weight excluding hydrogens is 392 g/mol. The van der Waals surface area contributed by atoms with E-state index >= 15 is 0 Å². The monoisotopic (exact) mass is 432 g/mol. The van der Waals surface area contributed by atoms with Crippen molar-refractivity contribution in [2.75, 3.05) is 0 Å². The molecule has 0 aromatic heterocycles. The van der Waals surface area contributed by atoms with Crippen LogP contribution in [0.4, 0.5) is 0 Å². The van der Waals surface area contributed by atoms with Crippen LogP contribution in [0.1, 0.15) is 87.0 Å². The molecule has 0 amide bonds. The Morgan fingerprint density at radius 3 is 2.03 bits per heavy atom. The lowest BCUT2D eigenvalue weighted by molar-refractivity contribution is -0.132. The van der Waals surface area contributed by atoms with Gasteiger partial charge in [-0.1, -0.05) is 68.7 Å². The van der Waals surface area contributed by atoms with Gasteiger partial charge in [0.15, 0.2) is 0 Å². The zero-order valence-corrected chi connectivity index (χ0v) is 21.1. The molecule has 0 bridgehead atoms. The fourth-order valence-corrected chi connectivity index (χ4v) is 5.28. The van der Waals surface area contributed by atoms with Crippen molar-refractivity contribution >= 4 is 5.97 Å². The minimum Gasteiger partial charge on any atom is -0.423 e. The lowest BCUT2D eigenvalue weighted by atomic mass is 9.72. The van der Waals surface area contributed by atoms with Crippen LogP contribution in [0.3, 0.4) is 0 Å². The zero-order chi connectivity index (χ0) is 23.5. The summed E-state index contributed by atoms with van der Waals surface area (Å²) in [4.78, 5) is 12.3. The first-order chi connectivity index (χ1) is 15.0. The van der Waals surface area contributed by atoms with Crippen molar-refractivity contribution in [1.29, 1.82) is 0 Å². The molecule has 3 rings (SSSR count). The van der Waals surface area contributed by atoms with Crippen LogP contribution in [-0.2, 0) is 9.53 Å². The van der Waals surface area contributed by atoms with Crippen molar-refractivity contribution in [2.24, 2.45) is 10.8 Å². The highest BCUT2D eigenvalue weighted by Gasteiger charge is 2.28. The van der Waals surface area contributed by atoms with E-state index in [1.54, 1.807) is 0 Å². The molecule has 0 fully saturated rings. The van der Waals surface area contributed by atoms with E-state index < -0.39 is 0 Å². The number of rotatable bonds is 5. The first kappa shape index (κ1) is 24.3. The Morgan fingerprint density at radius 2 is 1.47 bits per heavy atom. The van der Waals surface area contributed by atoms with Crippen molar-refractivity contribution in [3.8, 4) is 0 Å². The topological polar surface area (TPSA) is 26.3 Å². The van der Waals surface area contributed by atoms with E-state index in [-0.39, 0.29) is 16.8 Å². The smallest absolute Gasteiger partial charge is 0.343 e. The number of ether oxygens (including phenoxy) is 1.